The van der Waals surface area contributed by atoms with Gasteiger partial charge < -0.3 is 20.4 Å². The standard InChI is InChI=1S/C22H19ClN6O2S/c1-10-8-24-18-17-11-2-5-16(26-13(11)3-4-15(17)31-19(18)21(30)25-10)28-20-12-9-32-7-6-14(12)27-22(23)29-20/h2-5,10,24H,6-9H2,1H3,(H,25,30)(H,26,27,28,29). The molecule has 0 fully saturated rings. The van der Waals surface area contributed by atoms with Gasteiger partial charge in [0, 0.05) is 29.3 Å². The molecule has 6 rings (SSSR count). The quantitative estimate of drug-likeness (QED) is 0.371. The topological polar surface area (TPSA) is 105 Å². The van der Waals surface area contributed by atoms with E-state index in [0.717, 1.165) is 45.5 Å². The molecule has 5 heterocycles. The van der Waals surface area contributed by atoms with Crippen LogP contribution >= 0.6 is 23.4 Å². The Hall–Kier alpha value is -3.04. The predicted molar refractivity (Wildman–Crippen MR) is 127 cm³/mol. The number of amides is 1. The summed E-state index contributed by atoms with van der Waals surface area (Å²) in [6.07, 6.45) is 0.880. The predicted octanol–water partition coefficient (Wildman–Crippen LogP) is 4.50. The van der Waals surface area contributed by atoms with Gasteiger partial charge in [0.2, 0.25) is 11.0 Å². The van der Waals surface area contributed by atoms with Gasteiger partial charge in [0.1, 0.15) is 17.2 Å². The van der Waals surface area contributed by atoms with Crippen LogP contribution in [0.5, 0.6) is 0 Å². The van der Waals surface area contributed by atoms with Crippen molar-refractivity contribution in [3.63, 3.8) is 0 Å². The fourth-order valence-corrected chi connectivity index (χ4v) is 5.40. The first-order valence-electron chi connectivity index (χ1n) is 10.4. The Morgan fingerprint density at radius 1 is 1.22 bits per heavy atom. The van der Waals surface area contributed by atoms with Crippen LogP contribution in [-0.2, 0) is 12.2 Å². The number of furan rings is 1. The lowest BCUT2D eigenvalue weighted by Crippen LogP contribution is -2.34. The second-order valence-electron chi connectivity index (χ2n) is 7.96. The summed E-state index contributed by atoms with van der Waals surface area (Å²) in [6.45, 7) is 2.57. The summed E-state index contributed by atoms with van der Waals surface area (Å²) in [7, 11) is 0. The summed E-state index contributed by atoms with van der Waals surface area (Å²) in [6, 6.07) is 7.64. The molecule has 10 heteroatoms. The van der Waals surface area contributed by atoms with Gasteiger partial charge in [0.25, 0.3) is 5.91 Å². The number of aromatic nitrogens is 3. The van der Waals surface area contributed by atoms with Crippen molar-refractivity contribution in [1.29, 1.82) is 0 Å². The van der Waals surface area contributed by atoms with E-state index in [1.165, 1.54) is 0 Å². The number of pyridine rings is 1. The highest BCUT2D eigenvalue weighted by Crippen LogP contribution is 2.38. The summed E-state index contributed by atoms with van der Waals surface area (Å²) in [5.74, 6) is 3.33. The Balaban J connectivity index is 1.44. The average molecular weight is 467 g/mol. The highest BCUT2D eigenvalue weighted by Gasteiger charge is 2.26. The van der Waals surface area contributed by atoms with E-state index in [1.54, 1.807) is 0 Å². The van der Waals surface area contributed by atoms with Gasteiger partial charge in [0.05, 0.1) is 22.3 Å². The smallest absolute Gasteiger partial charge is 0.289 e. The van der Waals surface area contributed by atoms with E-state index in [-0.39, 0.29) is 17.2 Å². The highest BCUT2D eigenvalue weighted by molar-refractivity contribution is 7.98. The number of anilines is 3. The van der Waals surface area contributed by atoms with E-state index in [4.69, 9.17) is 21.0 Å². The van der Waals surface area contributed by atoms with Crippen molar-refractivity contribution >= 4 is 68.5 Å². The molecule has 4 aromatic rings. The summed E-state index contributed by atoms with van der Waals surface area (Å²) in [4.78, 5) is 26.1. The molecule has 2 aliphatic heterocycles. The minimum Gasteiger partial charge on any atom is -0.449 e. The number of halogens is 1. The van der Waals surface area contributed by atoms with E-state index >= 15 is 0 Å². The minimum absolute atomic E-state index is 0.00725. The fourth-order valence-electron chi connectivity index (χ4n) is 4.22. The number of rotatable bonds is 2. The molecule has 0 saturated carbocycles. The first-order chi connectivity index (χ1) is 15.6. The summed E-state index contributed by atoms with van der Waals surface area (Å²) < 4.78 is 5.89. The van der Waals surface area contributed by atoms with Crippen molar-refractivity contribution in [2.45, 2.75) is 25.1 Å². The van der Waals surface area contributed by atoms with Gasteiger partial charge in [-0.15, -0.1) is 0 Å². The van der Waals surface area contributed by atoms with Gasteiger partial charge in [-0.1, -0.05) is 0 Å². The zero-order valence-electron chi connectivity index (χ0n) is 17.2. The zero-order chi connectivity index (χ0) is 21.8. The molecule has 0 radical (unpaired) electrons. The van der Waals surface area contributed by atoms with E-state index in [0.29, 0.717) is 35.2 Å². The Labute approximate surface area is 192 Å². The van der Waals surface area contributed by atoms with Crippen molar-refractivity contribution in [2.24, 2.45) is 0 Å². The third kappa shape index (κ3) is 3.23. The van der Waals surface area contributed by atoms with Crippen LogP contribution in [0.1, 0.15) is 28.7 Å². The lowest BCUT2D eigenvalue weighted by molar-refractivity contribution is 0.0920. The van der Waals surface area contributed by atoms with Gasteiger partial charge in [0.15, 0.2) is 0 Å². The number of hydrogen-bond acceptors (Lipinski definition) is 8. The van der Waals surface area contributed by atoms with E-state index < -0.39 is 0 Å². The molecule has 3 N–H and O–H groups in total. The molecule has 0 aliphatic carbocycles. The van der Waals surface area contributed by atoms with E-state index in [9.17, 15) is 4.79 Å². The van der Waals surface area contributed by atoms with Gasteiger partial charge in [-0.05, 0) is 55.0 Å². The molecule has 32 heavy (non-hydrogen) atoms. The van der Waals surface area contributed by atoms with Crippen LogP contribution in [0.2, 0.25) is 5.28 Å². The molecule has 1 atom stereocenters. The molecule has 0 saturated heterocycles. The normalized spacial score (nSPS) is 17.9. The number of nitrogens with one attached hydrogen (secondary N) is 3. The number of nitrogens with zero attached hydrogens (tertiary/aromatic N) is 3. The SMILES string of the molecule is CC1CNc2c(oc3ccc4nc(Nc5nc(Cl)nc6c5CSCC6)ccc4c23)C(=O)N1. The van der Waals surface area contributed by atoms with Gasteiger partial charge in [-0.3, -0.25) is 4.79 Å². The maximum atomic E-state index is 12.5. The number of hydrogen-bond donors (Lipinski definition) is 3. The Bertz CT molecular complexity index is 1400. The third-order valence-electron chi connectivity index (χ3n) is 5.73. The minimum atomic E-state index is -0.212. The molecular formula is C22H19ClN6O2S. The molecule has 0 spiro atoms. The molecule has 0 bridgehead atoms. The molecule has 3 aromatic heterocycles. The molecule has 1 amide bonds. The summed E-state index contributed by atoms with van der Waals surface area (Å²) >= 11 is 8.01. The van der Waals surface area contributed by atoms with Crippen LogP contribution in [0, 0.1) is 0 Å². The molecule has 1 aromatic carbocycles. The van der Waals surface area contributed by atoms with Crippen molar-refractivity contribution in [3.8, 4) is 0 Å². The number of fused-ring (bicyclic) bond motifs is 6. The van der Waals surface area contributed by atoms with E-state index in [2.05, 4.69) is 25.9 Å². The number of carbonyl (C=O) groups is 1. The molecule has 2 aliphatic rings. The molecule has 162 valence electrons. The largest absolute Gasteiger partial charge is 0.449 e. The van der Waals surface area contributed by atoms with E-state index in [1.807, 2.05) is 43.0 Å². The summed E-state index contributed by atoms with van der Waals surface area (Å²) in [5.41, 5.74) is 4.22. The van der Waals surface area contributed by atoms with Crippen molar-refractivity contribution in [2.75, 3.05) is 22.9 Å². The van der Waals surface area contributed by atoms with Crippen LogP contribution in [-0.4, -0.2) is 39.2 Å². The van der Waals surface area contributed by atoms with Crippen molar-refractivity contribution in [3.05, 3.63) is 46.6 Å². The third-order valence-corrected chi connectivity index (χ3v) is 6.89. The Morgan fingerprint density at radius 3 is 3.03 bits per heavy atom. The number of thioether (sulfide) groups is 1. The highest BCUT2D eigenvalue weighted by atomic mass is 35.5. The molecule has 8 nitrogen and oxygen atoms in total. The Kier molecular flexibility index (Phi) is 4.62. The monoisotopic (exact) mass is 466 g/mol. The Morgan fingerprint density at radius 2 is 2.12 bits per heavy atom. The van der Waals surface area contributed by atoms with Crippen LogP contribution in [0.15, 0.2) is 28.7 Å². The van der Waals surface area contributed by atoms with Gasteiger partial charge >= 0.3 is 0 Å². The molecule has 1 unspecified atom stereocenters. The van der Waals surface area contributed by atoms with Crippen LogP contribution < -0.4 is 16.0 Å². The first-order valence-corrected chi connectivity index (χ1v) is 11.9. The van der Waals surface area contributed by atoms with Gasteiger partial charge in [-0.2, -0.15) is 11.8 Å². The van der Waals surface area contributed by atoms with Gasteiger partial charge in [-0.25, -0.2) is 15.0 Å². The maximum absolute atomic E-state index is 12.5. The number of benzene rings is 1. The molecular weight excluding hydrogens is 448 g/mol. The van der Waals surface area contributed by atoms with Crippen LogP contribution in [0.25, 0.3) is 21.9 Å². The van der Waals surface area contributed by atoms with Crippen molar-refractivity contribution in [1.82, 2.24) is 20.3 Å². The fraction of sp³-hybridized carbons (Fsp3) is 0.273. The number of carbonyl (C=O) groups excluding carboxylic acids is 1. The van der Waals surface area contributed by atoms with Crippen LogP contribution in [0.3, 0.4) is 0 Å². The lowest BCUT2D eigenvalue weighted by Gasteiger charge is -2.18. The zero-order valence-corrected chi connectivity index (χ0v) is 18.7. The summed E-state index contributed by atoms with van der Waals surface area (Å²) in [5, 5.41) is 11.6. The van der Waals surface area contributed by atoms with Crippen molar-refractivity contribution < 1.29 is 9.21 Å². The van der Waals surface area contributed by atoms with Crippen LogP contribution in [0.4, 0.5) is 17.3 Å². The second kappa shape index (κ2) is 7.53. The maximum Gasteiger partial charge on any atom is 0.289 e. The second-order valence-corrected chi connectivity index (χ2v) is 9.40. The first kappa shape index (κ1) is 19.6. The number of aryl methyl sites for hydroxylation is 1. The average Bonchev–Trinajstić information content (AvgIpc) is 3.10. The lowest BCUT2D eigenvalue weighted by atomic mass is 10.1.